The number of nitrogens with one attached hydrogen (secondary N) is 1. The normalized spacial score (nSPS) is 13.6. The molecule has 5 nitrogen and oxygen atoms in total. The number of alkyl halides is 3. The third kappa shape index (κ3) is 6.40. The lowest BCUT2D eigenvalue weighted by atomic mass is 10.0. The summed E-state index contributed by atoms with van der Waals surface area (Å²) in [7, 11) is 0. The molecule has 0 saturated carbocycles. The van der Waals surface area contributed by atoms with E-state index in [4.69, 9.17) is 16.3 Å². The lowest BCUT2D eigenvalue weighted by Crippen LogP contribution is -2.29. The highest BCUT2D eigenvalue weighted by Gasteiger charge is 2.32. The van der Waals surface area contributed by atoms with Gasteiger partial charge in [0, 0.05) is 17.1 Å². The van der Waals surface area contributed by atoms with Crippen molar-refractivity contribution in [1.82, 2.24) is 5.32 Å². The fourth-order valence-electron chi connectivity index (χ4n) is 2.40. The summed E-state index contributed by atoms with van der Waals surface area (Å²) in [5.41, 5.74) is -0.176. The first-order valence-electron chi connectivity index (χ1n) is 8.36. The van der Waals surface area contributed by atoms with Crippen molar-refractivity contribution < 1.29 is 32.9 Å². The molecule has 2 aromatic rings. The largest absolute Gasteiger partial charge is 0.445 e. The molecule has 9 heteroatoms. The molecule has 2 rings (SSSR count). The number of halogens is 4. The first-order chi connectivity index (χ1) is 13.2. The number of carbonyl (C=O) groups excluding carboxylic acids is 1. The van der Waals surface area contributed by atoms with Gasteiger partial charge in [-0.1, -0.05) is 48.0 Å². The van der Waals surface area contributed by atoms with E-state index in [1.807, 2.05) is 6.07 Å². The Labute approximate surface area is 164 Å². The number of ether oxygens (including phenoxy) is 1. The molecule has 0 bridgehead atoms. The number of benzene rings is 2. The third-order valence-electron chi connectivity index (χ3n) is 3.93. The molecule has 2 aromatic carbocycles. The molecule has 0 fully saturated rings. The summed E-state index contributed by atoms with van der Waals surface area (Å²) in [6.45, 7) is 0.0725. The summed E-state index contributed by atoms with van der Waals surface area (Å²) in [5, 5.41) is 22.3. The number of hydrogen-bond acceptors (Lipinski definition) is 4. The van der Waals surface area contributed by atoms with Crippen molar-refractivity contribution in [3.8, 4) is 0 Å². The molecule has 2 unspecified atom stereocenters. The van der Waals surface area contributed by atoms with Gasteiger partial charge in [-0.15, -0.1) is 0 Å². The van der Waals surface area contributed by atoms with Crippen LogP contribution in [-0.2, 0) is 17.5 Å². The van der Waals surface area contributed by atoms with Gasteiger partial charge >= 0.3 is 12.3 Å². The van der Waals surface area contributed by atoms with Gasteiger partial charge in [-0.2, -0.15) is 13.2 Å². The number of hydrogen-bond donors (Lipinski definition) is 3. The Balaban J connectivity index is 1.80. The minimum atomic E-state index is -4.56. The van der Waals surface area contributed by atoms with E-state index < -0.39 is 30.0 Å². The van der Waals surface area contributed by atoms with Crippen molar-refractivity contribution >= 4 is 17.7 Å². The van der Waals surface area contributed by atoms with Gasteiger partial charge in [0.15, 0.2) is 0 Å². The summed E-state index contributed by atoms with van der Waals surface area (Å²) in [5.74, 6) is 0. The molecule has 0 radical (unpaired) electrons. The second-order valence-corrected chi connectivity index (χ2v) is 6.43. The Morgan fingerprint density at radius 2 is 1.82 bits per heavy atom. The fourth-order valence-corrected chi connectivity index (χ4v) is 2.70. The van der Waals surface area contributed by atoms with Gasteiger partial charge in [-0.25, -0.2) is 4.79 Å². The van der Waals surface area contributed by atoms with Crippen LogP contribution in [0.5, 0.6) is 0 Å². The Morgan fingerprint density at radius 3 is 2.43 bits per heavy atom. The maximum Gasteiger partial charge on any atom is 0.416 e. The van der Waals surface area contributed by atoms with Gasteiger partial charge in [0.25, 0.3) is 0 Å². The molecule has 2 atom stereocenters. The van der Waals surface area contributed by atoms with Crippen LogP contribution in [-0.4, -0.2) is 29.0 Å². The summed E-state index contributed by atoms with van der Waals surface area (Å²) in [6, 6.07) is 11.5. The maximum atomic E-state index is 12.7. The van der Waals surface area contributed by atoms with E-state index in [0.717, 1.165) is 17.7 Å². The van der Waals surface area contributed by atoms with Crippen LogP contribution in [0.4, 0.5) is 18.0 Å². The summed E-state index contributed by atoms with van der Waals surface area (Å²) in [6.07, 6.45) is -8.16. The van der Waals surface area contributed by atoms with Crippen LogP contribution in [0.3, 0.4) is 0 Å². The Morgan fingerprint density at radius 1 is 1.14 bits per heavy atom. The van der Waals surface area contributed by atoms with Crippen LogP contribution >= 0.6 is 11.6 Å². The molecule has 0 aliphatic heterocycles. The van der Waals surface area contributed by atoms with Crippen LogP contribution in [0, 0.1) is 0 Å². The second kappa shape index (κ2) is 9.77. The lowest BCUT2D eigenvalue weighted by molar-refractivity contribution is -0.137. The predicted molar refractivity (Wildman–Crippen MR) is 96.7 cm³/mol. The zero-order valence-electron chi connectivity index (χ0n) is 14.6. The number of carbonyl (C=O) groups is 1. The molecule has 0 aliphatic carbocycles. The van der Waals surface area contributed by atoms with Crippen molar-refractivity contribution in [3.63, 3.8) is 0 Å². The molecule has 0 heterocycles. The van der Waals surface area contributed by atoms with E-state index in [1.54, 1.807) is 24.3 Å². The van der Waals surface area contributed by atoms with Crippen molar-refractivity contribution in [2.45, 2.75) is 31.4 Å². The highest BCUT2D eigenvalue weighted by atomic mass is 35.5. The average molecular weight is 418 g/mol. The van der Waals surface area contributed by atoms with Crippen molar-refractivity contribution in [2.75, 3.05) is 6.54 Å². The zero-order chi connectivity index (χ0) is 20.7. The third-order valence-corrected chi connectivity index (χ3v) is 4.26. The van der Waals surface area contributed by atoms with Gasteiger partial charge < -0.3 is 20.3 Å². The number of alkyl carbamates (subject to hydrolysis) is 1. The van der Waals surface area contributed by atoms with E-state index in [2.05, 4.69) is 5.32 Å². The Hall–Kier alpha value is -2.29. The monoisotopic (exact) mass is 417 g/mol. The maximum absolute atomic E-state index is 12.7. The van der Waals surface area contributed by atoms with Gasteiger partial charge in [0.1, 0.15) is 12.7 Å². The SMILES string of the molecule is O=C(NCCC(O)C(O)c1ccc(C(F)(F)F)cc1Cl)OCc1ccccc1. The van der Waals surface area contributed by atoms with Gasteiger partial charge in [0.05, 0.1) is 11.7 Å². The minimum absolute atomic E-state index is 0.00982. The fraction of sp³-hybridized carbons (Fsp3) is 0.316. The molecule has 0 spiro atoms. The van der Waals surface area contributed by atoms with Gasteiger partial charge in [0.2, 0.25) is 0 Å². The summed E-state index contributed by atoms with van der Waals surface area (Å²) < 4.78 is 42.9. The standard InChI is InChI=1S/C19H19ClF3NO4/c20-15-10-13(19(21,22)23)6-7-14(15)17(26)16(25)8-9-24-18(27)28-11-12-4-2-1-3-5-12/h1-7,10,16-17,25-26H,8-9,11H2,(H,24,27). The first-order valence-corrected chi connectivity index (χ1v) is 8.73. The summed E-state index contributed by atoms with van der Waals surface area (Å²) in [4.78, 5) is 11.6. The quantitative estimate of drug-likeness (QED) is 0.634. The first kappa shape index (κ1) is 22.0. The van der Waals surface area contributed by atoms with Crippen LogP contribution in [0.25, 0.3) is 0 Å². The van der Waals surface area contributed by atoms with Crippen LogP contribution in [0.15, 0.2) is 48.5 Å². The smallest absolute Gasteiger partial charge is 0.416 e. The predicted octanol–water partition coefficient (Wildman–Crippen LogP) is 4.07. The van der Waals surface area contributed by atoms with Crippen LogP contribution in [0.2, 0.25) is 5.02 Å². The topological polar surface area (TPSA) is 78.8 Å². The number of rotatable bonds is 7. The van der Waals surface area contributed by atoms with E-state index in [-0.39, 0.29) is 30.2 Å². The molecule has 0 aliphatic rings. The average Bonchev–Trinajstić information content (AvgIpc) is 2.65. The van der Waals surface area contributed by atoms with Crippen molar-refractivity contribution in [1.29, 1.82) is 0 Å². The van der Waals surface area contributed by atoms with Crippen molar-refractivity contribution in [2.24, 2.45) is 0 Å². The van der Waals surface area contributed by atoms with Crippen LogP contribution in [0.1, 0.15) is 29.2 Å². The molecular formula is C19H19ClF3NO4. The van der Waals surface area contributed by atoms with Gasteiger partial charge in [-0.3, -0.25) is 0 Å². The van der Waals surface area contributed by atoms with E-state index in [0.29, 0.717) is 6.07 Å². The van der Waals surface area contributed by atoms with E-state index in [1.165, 1.54) is 0 Å². The molecule has 0 saturated heterocycles. The molecular weight excluding hydrogens is 399 g/mol. The second-order valence-electron chi connectivity index (χ2n) is 6.02. The number of aliphatic hydroxyl groups excluding tert-OH is 2. The zero-order valence-corrected chi connectivity index (χ0v) is 15.4. The molecule has 28 heavy (non-hydrogen) atoms. The highest BCUT2D eigenvalue weighted by molar-refractivity contribution is 6.31. The van der Waals surface area contributed by atoms with E-state index in [9.17, 15) is 28.2 Å². The number of amides is 1. The van der Waals surface area contributed by atoms with Crippen molar-refractivity contribution in [3.05, 3.63) is 70.2 Å². The Kier molecular flexibility index (Phi) is 7.68. The lowest BCUT2D eigenvalue weighted by Gasteiger charge is -2.20. The highest BCUT2D eigenvalue weighted by Crippen LogP contribution is 2.34. The Bertz CT molecular complexity index is 786. The molecule has 0 aromatic heterocycles. The van der Waals surface area contributed by atoms with Gasteiger partial charge in [-0.05, 0) is 24.1 Å². The molecule has 3 N–H and O–H groups in total. The minimum Gasteiger partial charge on any atom is -0.445 e. The van der Waals surface area contributed by atoms with E-state index >= 15 is 0 Å². The number of aliphatic hydroxyl groups is 2. The van der Waals surface area contributed by atoms with Crippen LogP contribution < -0.4 is 5.32 Å². The molecule has 1 amide bonds. The summed E-state index contributed by atoms with van der Waals surface area (Å²) >= 11 is 5.80. The molecule has 152 valence electrons.